The number of hydrogen-bond acceptors (Lipinski definition) is 3. The number of rotatable bonds is 3. The number of halogens is 2. The third-order valence-corrected chi connectivity index (χ3v) is 10.7. The molecule has 4 aliphatic carbocycles. The topological polar surface area (TPSA) is 45.2 Å². The summed E-state index contributed by atoms with van der Waals surface area (Å²) < 4.78 is 0. The van der Waals surface area contributed by atoms with Gasteiger partial charge >= 0.3 is 0 Å². The van der Waals surface area contributed by atoms with Crippen LogP contribution in [0.4, 0.5) is 0 Å². The first-order valence-corrected chi connectivity index (χ1v) is 13.5. The van der Waals surface area contributed by atoms with Crippen molar-refractivity contribution < 1.29 is 5.11 Å². The summed E-state index contributed by atoms with van der Waals surface area (Å²) in [5.74, 6) is 4.07. The fourth-order valence-corrected chi connectivity index (χ4v) is 9.40. The smallest absolute Gasteiger partial charge is 0.0950 e. The zero-order valence-electron chi connectivity index (χ0n) is 18.5. The van der Waals surface area contributed by atoms with E-state index in [0.717, 1.165) is 65.2 Å². The van der Waals surface area contributed by atoms with Gasteiger partial charge in [-0.15, -0.1) is 0 Å². The summed E-state index contributed by atoms with van der Waals surface area (Å²) in [4.78, 5) is 5.17. The second-order valence-corrected chi connectivity index (χ2v) is 12.5. The van der Waals surface area contributed by atoms with Gasteiger partial charge in [-0.1, -0.05) is 29.6 Å². The summed E-state index contributed by atoms with van der Waals surface area (Å²) in [5, 5.41) is 17.1. The molecule has 1 aliphatic heterocycles. The van der Waals surface area contributed by atoms with Gasteiger partial charge in [0, 0.05) is 28.1 Å². The lowest BCUT2D eigenvalue weighted by atomic mass is 9.44. The molecule has 5 aliphatic rings. The number of nitrogens with one attached hydrogen (secondary N) is 1. The molecule has 2 heterocycles. The highest BCUT2D eigenvalue weighted by Gasteiger charge is 2.65. The Morgan fingerprint density at radius 3 is 2.75 bits per heavy atom. The zero-order chi connectivity index (χ0) is 21.6. The van der Waals surface area contributed by atoms with Crippen molar-refractivity contribution in [2.45, 2.75) is 75.9 Å². The van der Waals surface area contributed by atoms with Crippen molar-refractivity contribution in [1.29, 1.82) is 0 Å². The Hall–Kier alpha value is -0.870. The van der Waals surface area contributed by atoms with Gasteiger partial charge in [0.1, 0.15) is 0 Å². The summed E-state index contributed by atoms with van der Waals surface area (Å²) in [6, 6.07) is 6.04. The minimum Gasteiger partial charge on any atom is -0.387 e. The van der Waals surface area contributed by atoms with Gasteiger partial charge < -0.3 is 10.4 Å². The van der Waals surface area contributed by atoms with Crippen LogP contribution in [0.2, 0.25) is 10.0 Å². The molecule has 2 aromatic rings. The van der Waals surface area contributed by atoms with E-state index in [0.29, 0.717) is 21.4 Å². The fourth-order valence-electron chi connectivity index (χ4n) is 8.87. The van der Waals surface area contributed by atoms with E-state index in [1.54, 1.807) is 6.07 Å². The van der Waals surface area contributed by atoms with E-state index in [9.17, 15) is 5.11 Å². The first-order valence-electron chi connectivity index (χ1n) is 12.7. The van der Waals surface area contributed by atoms with E-state index in [-0.39, 0.29) is 6.04 Å². The Kier molecular flexibility index (Phi) is 4.68. The number of pyridine rings is 1. The predicted molar refractivity (Wildman–Crippen MR) is 129 cm³/mol. The molecule has 8 atom stereocenters. The molecule has 3 bridgehead atoms. The summed E-state index contributed by atoms with van der Waals surface area (Å²) in [6.45, 7) is 0.968. The van der Waals surface area contributed by atoms with E-state index in [1.807, 2.05) is 6.07 Å². The van der Waals surface area contributed by atoms with Crippen LogP contribution in [0.5, 0.6) is 0 Å². The van der Waals surface area contributed by atoms with E-state index >= 15 is 0 Å². The van der Waals surface area contributed by atoms with Gasteiger partial charge in [0.25, 0.3) is 0 Å². The van der Waals surface area contributed by atoms with E-state index in [4.69, 9.17) is 28.2 Å². The molecule has 0 radical (unpaired) electrons. The van der Waals surface area contributed by atoms with Gasteiger partial charge in [-0.3, -0.25) is 4.98 Å². The van der Waals surface area contributed by atoms with Crippen LogP contribution in [0, 0.1) is 29.1 Å². The van der Waals surface area contributed by atoms with Crippen molar-refractivity contribution in [3.05, 3.63) is 39.5 Å². The van der Waals surface area contributed by atoms with Crippen LogP contribution in [0.15, 0.2) is 18.2 Å². The van der Waals surface area contributed by atoms with Crippen LogP contribution in [-0.4, -0.2) is 22.7 Å². The monoisotopic (exact) mass is 470 g/mol. The number of fused-ring (bicyclic) bond motifs is 3. The third kappa shape index (κ3) is 2.90. The Labute approximate surface area is 200 Å². The lowest BCUT2D eigenvalue weighted by Gasteiger charge is -2.61. The lowest BCUT2D eigenvalue weighted by molar-refractivity contribution is -0.102. The Bertz CT molecular complexity index is 1080. The molecule has 1 spiro atoms. The molecular formula is C27H32Cl2N2O. The maximum atomic E-state index is 11.5. The molecule has 32 heavy (non-hydrogen) atoms. The van der Waals surface area contributed by atoms with Gasteiger partial charge in [0.2, 0.25) is 0 Å². The van der Waals surface area contributed by atoms with Gasteiger partial charge in [-0.05, 0) is 111 Å². The van der Waals surface area contributed by atoms with Crippen molar-refractivity contribution in [2.75, 3.05) is 6.54 Å². The molecular weight excluding hydrogens is 439 g/mol. The minimum absolute atomic E-state index is 0.0764. The van der Waals surface area contributed by atoms with Crippen molar-refractivity contribution in [3.63, 3.8) is 0 Å². The molecule has 4 saturated carbocycles. The molecule has 3 nitrogen and oxygen atoms in total. The normalized spacial score (nSPS) is 40.8. The zero-order valence-corrected chi connectivity index (χ0v) is 20.0. The van der Waals surface area contributed by atoms with E-state index < -0.39 is 6.10 Å². The molecule has 2 N–H and O–H groups in total. The highest BCUT2D eigenvalue weighted by Crippen LogP contribution is 2.75. The first-order chi connectivity index (χ1) is 15.5. The first kappa shape index (κ1) is 20.5. The molecule has 1 saturated heterocycles. The van der Waals surface area contributed by atoms with E-state index in [1.165, 1.54) is 44.9 Å². The molecule has 7 rings (SSSR count). The van der Waals surface area contributed by atoms with Crippen molar-refractivity contribution in [1.82, 2.24) is 10.3 Å². The van der Waals surface area contributed by atoms with Crippen molar-refractivity contribution in [2.24, 2.45) is 29.1 Å². The van der Waals surface area contributed by atoms with Gasteiger partial charge in [-0.2, -0.15) is 0 Å². The summed E-state index contributed by atoms with van der Waals surface area (Å²) in [6.07, 6.45) is 11.2. The standard InChI is InChI=1S/C27H32Cl2N2O/c28-18-9-20-21(26(32)23-3-1-2-4-30-23)11-24(31-25(20)22(29)10-18)19-8-17-7-16-6-14-5-15(19)13-27(16,17)12-14/h9-11,14-17,19,23,26,30,32H,1-8,12-13H2. The number of benzene rings is 1. The van der Waals surface area contributed by atoms with Gasteiger partial charge in [0.15, 0.2) is 0 Å². The summed E-state index contributed by atoms with van der Waals surface area (Å²) in [7, 11) is 0. The molecule has 1 aromatic heterocycles. The third-order valence-electron chi connectivity index (χ3n) is 10.2. The van der Waals surface area contributed by atoms with Crippen LogP contribution in [0.1, 0.15) is 81.1 Å². The largest absolute Gasteiger partial charge is 0.387 e. The van der Waals surface area contributed by atoms with Gasteiger partial charge in [-0.25, -0.2) is 0 Å². The summed E-state index contributed by atoms with van der Waals surface area (Å²) >= 11 is 13.1. The Balaban J connectivity index is 1.33. The Morgan fingerprint density at radius 1 is 1.03 bits per heavy atom. The molecule has 5 heteroatoms. The number of aromatic nitrogens is 1. The molecule has 5 fully saturated rings. The minimum atomic E-state index is -0.570. The van der Waals surface area contributed by atoms with Crippen LogP contribution in [0.25, 0.3) is 10.9 Å². The highest BCUT2D eigenvalue weighted by molar-refractivity contribution is 6.38. The molecule has 8 unspecified atom stereocenters. The number of nitrogens with zero attached hydrogens (tertiary/aromatic N) is 1. The average Bonchev–Trinajstić information content (AvgIpc) is 3.03. The van der Waals surface area contributed by atoms with Crippen LogP contribution >= 0.6 is 23.2 Å². The quantitative estimate of drug-likeness (QED) is 0.527. The van der Waals surface area contributed by atoms with Crippen molar-refractivity contribution >= 4 is 34.1 Å². The maximum Gasteiger partial charge on any atom is 0.0950 e. The number of aliphatic hydroxyl groups is 1. The van der Waals surface area contributed by atoms with Crippen molar-refractivity contribution in [3.8, 4) is 0 Å². The molecule has 0 amide bonds. The highest BCUT2D eigenvalue weighted by atomic mass is 35.5. The fraction of sp³-hybridized carbons (Fsp3) is 0.667. The number of piperidine rings is 1. The summed E-state index contributed by atoms with van der Waals surface area (Å²) in [5.41, 5.74) is 3.61. The van der Waals surface area contributed by atoms with Crippen LogP contribution in [0.3, 0.4) is 0 Å². The second kappa shape index (κ2) is 7.31. The predicted octanol–water partition coefficient (Wildman–Crippen LogP) is 6.65. The number of aliphatic hydroxyl groups excluding tert-OH is 1. The lowest BCUT2D eigenvalue weighted by Crippen LogP contribution is -2.52. The van der Waals surface area contributed by atoms with Crippen LogP contribution in [-0.2, 0) is 0 Å². The molecule has 1 aromatic carbocycles. The van der Waals surface area contributed by atoms with Crippen LogP contribution < -0.4 is 5.32 Å². The SMILES string of the molecule is OC(c1cc(C2CC3CC4CC5CC2CC43C5)nc2c(Cl)cc(Cl)cc12)C1CCCCN1. The number of hydrogen-bond donors (Lipinski definition) is 2. The van der Waals surface area contributed by atoms with Gasteiger partial charge in [0.05, 0.1) is 16.6 Å². The average molecular weight is 471 g/mol. The van der Waals surface area contributed by atoms with E-state index in [2.05, 4.69) is 11.4 Å². The maximum absolute atomic E-state index is 11.5. The Morgan fingerprint density at radius 2 is 1.91 bits per heavy atom. The molecule has 170 valence electrons. The second-order valence-electron chi connectivity index (χ2n) is 11.6.